The van der Waals surface area contributed by atoms with E-state index in [4.69, 9.17) is 6.57 Å². The summed E-state index contributed by atoms with van der Waals surface area (Å²) < 4.78 is 0. The number of benzene rings is 1. The standard InChI is InChI=1S/C22H22N6O/c1-23-20-11-21(25-14-24-20)27-12-17-9-16(10-18(17)13-27)22(29)28-19(7-8-26-28)15-5-3-2-4-6-15/h2-6,8,11,14,16-19H,7,9-10,12-13H2/t16?,17-,18+,19-/m0/s1. The lowest BCUT2D eigenvalue weighted by Crippen LogP contribution is -2.33. The Labute approximate surface area is 169 Å². The van der Waals surface area contributed by atoms with Gasteiger partial charge in [0.15, 0.2) is 0 Å². The fraction of sp³-hybridized carbons (Fsp3) is 0.409. The van der Waals surface area contributed by atoms with Crippen LogP contribution < -0.4 is 4.90 Å². The van der Waals surface area contributed by atoms with Crippen LogP contribution in [0.15, 0.2) is 47.8 Å². The zero-order valence-corrected chi connectivity index (χ0v) is 16.1. The van der Waals surface area contributed by atoms with Crippen LogP contribution in [0.1, 0.15) is 30.9 Å². The highest BCUT2D eigenvalue weighted by Crippen LogP contribution is 2.44. The first-order valence-electron chi connectivity index (χ1n) is 10.1. The molecule has 2 aliphatic heterocycles. The molecule has 1 amide bonds. The number of carbonyl (C=O) groups excluding carboxylic acids is 1. The number of amides is 1. The van der Waals surface area contributed by atoms with Crippen LogP contribution in [0.5, 0.6) is 0 Å². The lowest BCUT2D eigenvalue weighted by atomic mass is 10.0. The molecule has 0 N–H and O–H groups in total. The number of nitrogens with zero attached hydrogens (tertiary/aromatic N) is 6. The van der Waals surface area contributed by atoms with Crippen LogP contribution in [0.3, 0.4) is 0 Å². The molecule has 1 aromatic carbocycles. The Morgan fingerprint density at radius 3 is 2.59 bits per heavy atom. The highest BCUT2D eigenvalue weighted by molar-refractivity contribution is 5.82. The molecule has 2 aromatic rings. The molecule has 1 saturated heterocycles. The van der Waals surface area contributed by atoms with Crippen LogP contribution >= 0.6 is 0 Å². The molecule has 146 valence electrons. The van der Waals surface area contributed by atoms with Gasteiger partial charge in [0.05, 0.1) is 6.04 Å². The molecule has 3 heterocycles. The predicted molar refractivity (Wildman–Crippen MR) is 109 cm³/mol. The number of rotatable bonds is 3. The third-order valence-electron chi connectivity index (χ3n) is 6.42. The van der Waals surface area contributed by atoms with Gasteiger partial charge in [-0.05, 0) is 30.2 Å². The lowest BCUT2D eigenvalue weighted by molar-refractivity contribution is -0.137. The Morgan fingerprint density at radius 1 is 1.10 bits per heavy atom. The van der Waals surface area contributed by atoms with E-state index in [-0.39, 0.29) is 17.9 Å². The van der Waals surface area contributed by atoms with Crippen molar-refractivity contribution < 1.29 is 4.79 Å². The molecule has 1 saturated carbocycles. The average molecular weight is 386 g/mol. The topological polar surface area (TPSA) is 66.1 Å². The predicted octanol–water partition coefficient (Wildman–Crippen LogP) is 3.45. The van der Waals surface area contributed by atoms with Crippen LogP contribution in [-0.4, -0.2) is 40.2 Å². The Balaban J connectivity index is 1.25. The summed E-state index contributed by atoms with van der Waals surface area (Å²) in [5.74, 6) is 2.35. The summed E-state index contributed by atoms with van der Waals surface area (Å²) in [6.45, 7) is 8.90. The summed E-state index contributed by atoms with van der Waals surface area (Å²) >= 11 is 0. The highest BCUT2D eigenvalue weighted by Gasteiger charge is 2.46. The molecule has 0 bridgehead atoms. The number of hydrogen-bond donors (Lipinski definition) is 0. The van der Waals surface area contributed by atoms with Crippen LogP contribution in [-0.2, 0) is 4.79 Å². The molecule has 29 heavy (non-hydrogen) atoms. The normalized spacial score (nSPS) is 27.8. The molecule has 1 aliphatic carbocycles. The second kappa shape index (κ2) is 7.28. The van der Waals surface area contributed by atoms with Crippen molar-refractivity contribution in [3.05, 3.63) is 59.7 Å². The van der Waals surface area contributed by atoms with Gasteiger partial charge in [-0.1, -0.05) is 36.9 Å². The number of carbonyl (C=O) groups is 1. The van der Waals surface area contributed by atoms with Gasteiger partial charge in [-0.3, -0.25) is 4.79 Å². The largest absolute Gasteiger partial charge is 0.360 e. The summed E-state index contributed by atoms with van der Waals surface area (Å²) in [5.41, 5.74) is 1.14. The van der Waals surface area contributed by atoms with E-state index in [1.807, 2.05) is 24.4 Å². The van der Waals surface area contributed by atoms with Gasteiger partial charge in [-0.25, -0.2) is 5.01 Å². The summed E-state index contributed by atoms with van der Waals surface area (Å²) in [7, 11) is 0. The second-order valence-corrected chi connectivity index (χ2v) is 8.08. The van der Waals surface area contributed by atoms with Crippen LogP contribution in [0.4, 0.5) is 11.6 Å². The van der Waals surface area contributed by atoms with Gasteiger partial charge in [0.2, 0.25) is 12.2 Å². The van der Waals surface area contributed by atoms with Crippen molar-refractivity contribution in [1.29, 1.82) is 0 Å². The van der Waals surface area contributed by atoms with Gasteiger partial charge in [-0.15, -0.1) is 4.98 Å². The van der Waals surface area contributed by atoms with Gasteiger partial charge >= 0.3 is 0 Å². The van der Waals surface area contributed by atoms with E-state index >= 15 is 0 Å². The van der Waals surface area contributed by atoms with E-state index in [2.05, 4.69) is 36.9 Å². The van der Waals surface area contributed by atoms with Crippen LogP contribution in [0.25, 0.3) is 4.85 Å². The van der Waals surface area contributed by atoms with E-state index in [9.17, 15) is 4.79 Å². The van der Waals surface area contributed by atoms with Crippen molar-refractivity contribution in [3.8, 4) is 0 Å². The minimum absolute atomic E-state index is 0.0219. The molecule has 1 unspecified atom stereocenters. The number of fused-ring (bicyclic) bond motifs is 1. The van der Waals surface area contributed by atoms with Gasteiger partial charge in [0.1, 0.15) is 5.82 Å². The van der Waals surface area contributed by atoms with Gasteiger partial charge in [-0.2, -0.15) is 10.1 Å². The SMILES string of the molecule is [C-]#[N+]c1cc(N2C[C@H]3CC(C(=O)N4N=CC[C@H]4c4ccccc4)C[C@H]3C2)ncn1. The molecular formula is C22H22N6O. The fourth-order valence-electron chi connectivity index (χ4n) is 5.03. The Bertz CT molecular complexity index is 970. The van der Waals surface area contributed by atoms with E-state index in [0.29, 0.717) is 17.7 Å². The third-order valence-corrected chi connectivity index (χ3v) is 6.42. The van der Waals surface area contributed by atoms with Crippen molar-refractivity contribution in [1.82, 2.24) is 15.0 Å². The first-order valence-corrected chi connectivity index (χ1v) is 10.1. The van der Waals surface area contributed by atoms with E-state index < -0.39 is 0 Å². The molecule has 3 aliphatic rings. The third kappa shape index (κ3) is 3.25. The maximum atomic E-state index is 13.2. The number of hydrogen-bond acceptors (Lipinski definition) is 5. The van der Waals surface area contributed by atoms with Crippen molar-refractivity contribution in [3.63, 3.8) is 0 Å². The number of aromatic nitrogens is 2. The molecule has 2 fully saturated rings. The summed E-state index contributed by atoms with van der Waals surface area (Å²) in [5, 5.41) is 6.13. The monoisotopic (exact) mass is 386 g/mol. The maximum absolute atomic E-state index is 13.2. The zero-order valence-electron chi connectivity index (χ0n) is 16.1. The summed E-state index contributed by atoms with van der Waals surface area (Å²) in [4.78, 5) is 27.2. The highest BCUT2D eigenvalue weighted by atomic mass is 16.2. The van der Waals surface area contributed by atoms with Gasteiger partial charge in [0.25, 0.3) is 5.82 Å². The zero-order chi connectivity index (χ0) is 19.8. The van der Waals surface area contributed by atoms with E-state index in [0.717, 1.165) is 43.7 Å². The average Bonchev–Trinajstić information content (AvgIpc) is 3.48. The van der Waals surface area contributed by atoms with Crippen molar-refractivity contribution in [2.75, 3.05) is 18.0 Å². The van der Waals surface area contributed by atoms with Gasteiger partial charge < -0.3 is 9.74 Å². The Kier molecular flexibility index (Phi) is 4.47. The smallest absolute Gasteiger partial charge is 0.274 e. The van der Waals surface area contributed by atoms with Crippen molar-refractivity contribution >= 4 is 23.8 Å². The minimum Gasteiger partial charge on any atom is -0.360 e. The van der Waals surface area contributed by atoms with Crippen molar-refractivity contribution in [2.24, 2.45) is 22.9 Å². The fourth-order valence-corrected chi connectivity index (χ4v) is 5.03. The van der Waals surface area contributed by atoms with E-state index in [1.54, 1.807) is 11.1 Å². The summed E-state index contributed by atoms with van der Waals surface area (Å²) in [6.07, 6.45) is 5.89. The van der Waals surface area contributed by atoms with Crippen LogP contribution in [0, 0.1) is 24.3 Å². The van der Waals surface area contributed by atoms with Gasteiger partial charge in [0, 0.05) is 37.7 Å². The summed E-state index contributed by atoms with van der Waals surface area (Å²) in [6, 6.07) is 11.9. The Morgan fingerprint density at radius 2 is 1.86 bits per heavy atom. The van der Waals surface area contributed by atoms with E-state index in [1.165, 1.54) is 6.33 Å². The molecule has 7 heteroatoms. The molecule has 5 rings (SSSR count). The molecular weight excluding hydrogens is 364 g/mol. The molecule has 0 radical (unpaired) electrons. The number of hydrazone groups is 1. The second-order valence-electron chi connectivity index (χ2n) is 8.08. The molecule has 7 nitrogen and oxygen atoms in total. The van der Waals surface area contributed by atoms with Crippen LogP contribution in [0.2, 0.25) is 0 Å². The minimum atomic E-state index is 0.0219. The quantitative estimate of drug-likeness (QED) is 0.758. The lowest BCUT2D eigenvalue weighted by Gasteiger charge is -2.26. The first-order chi connectivity index (χ1) is 14.2. The molecule has 0 spiro atoms. The number of anilines is 1. The molecule has 4 atom stereocenters. The molecule has 1 aromatic heterocycles. The Hall–Kier alpha value is -3.27. The maximum Gasteiger partial charge on any atom is 0.274 e. The van der Waals surface area contributed by atoms with Crippen molar-refractivity contribution in [2.45, 2.75) is 25.3 Å². The first kappa shape index (κ1) is 17.8.